The molecule has 1 atom stereocenters. The van der Waals surface area contributed by atoms with Gasteiger partial charge < -0.3 is 4.74 Å². The van der Waals surface area contributed by atoms with Gasteiger partial charge in [0.2, 0.25) is 0 Å². The Bertz CT molecular complexity index is 578. The van der Waals surface area contributed by atoms with E-state index in [0.29, 0.717) is 0 Å². The first kappa shape index (κ1) is 14.9. The van der Waals surface area contributed by atoms with Crippen LogP contribution in [-0.4, -0.2) is 7.11 Å². The Balaban J connectivity index is 2.38. The van der Waals surface area contributed by atoms with Crippen LogP contribution in [-0.2, 0) is 0 Å². The van der Waals surface area contributed by atoms with E-state index in [0.717, 1.165) is 26.4 Å². The normalized spacial score (nSPS) is 12.3. The Kier molecular flexibility index (Phi) is 4.93. The van der Waals surface area contributed by atoms with Crippen LogP contribution in [0.5, 0.6) is 5.75 Å². The number of alkyl halides is 1. The molecule has 2 aromatic rings. The van der Waals surface area contributed by atoms with Gasteiger partial charge >= 0.3 is 0 Å². The van der Waals surface area contributed by atoms with Crippen LogP contribution in [0, 0.1) is 6.92 Å². The smallest absolute Gasteiger partial charge is 0.121 e. The van der Waals surface area contributed by atoms with E-state index >= 15 is 0 Å². The molecule has 0 spiro atoms. The molecule has 0 bridgehead atoms. The van der Waals surface area contributed by atoms with Crippen molar-refractivity contribution in [3.05, 3.63) is 62.6 Å². The Hall–Kier alpha value is -0.510. The van der Waals surface area contributed by atoms with Crippen molar-refractivity contribution in [1.29, 1.82) is 0 Å². The van der Waals surface area contributed by atoms with Gasteiger partial charge in [-0.1, -0.05) is 55.6 Å². The van der Waals surface area contributed by atoms with E-state index in [1.54, 1.807) is 7.11 Å². The molecule has 4 heteroatoms. The number of benzene rings is 2. The highest BCUT2D eigenvalue weighted by molar-refractivity contribution is 9.10. The fraction of sp³-hybridized carbons (Fsp3) is 0.200. The van der Waals surface area contributed by atoms with E-state index in [9.17, 15) is 0 Å². The Morgan fingerprint density at radius 3 is 2.42 bits per heavy atom. The van der Waals surface area contributed by atoms with Crippen molar-refractivity contribution in [3.8, 4) is 5.75 Å². The lowest BCUT2D eigenvalue weighted by molar-refractivity contribution is 0.411. The second kappa shape index (κ2) is 6.29. The maximum Gasteiger partial charge on any atom is 0.121 e. The van der Waals surface area contributed by atoms with Gasteiger partial charge in [0.25, 0.3) is 0 Å². The van der Waals surface area contributed by atoms with Crippen LogP contribution in [0.3, 0.4) is 0 Å². The van der Waals surface area contributed by atoms with Crippen LogP contribution in [0.4, 0.5) is 0 Å². The van der Waals surface area contributed by atoms with Gasteiger partial charge in [0.1, 0.15) is 5.75 Å². The lowest BCUT2D eigenvalue weighted by Gasteiger charge is -2.14. The number of rotatable bonds is 3. The molecule has 0 saturated carbocycles. The zero-order chi connectivity index (χ0) is 14.0. The van der Waals surface area contributed by atoms with Gasteiger partial charge in [-0.2, -0.15) is 0 Å². The summed E-state index contributed by atoms with van der Waals surface area (Å²) in [7, 11) is 1.68. The lowest BCUT2D eigenvalue weighted by Crippen LogP contribution is -1.95. The predicted octanol–water partition coefficient (Wildman–Crippen LogP) is 5.90. The molecule has 0 aliphatic rings. The van der Waals surface area contributed by atoms with E-state index in [1.165, 1.54) is 5.56 Å². The van der Waals surface area contributed by atoms with E-state index in [4.69, 9.17) is 16.3 Å². The minimum Gasteiger partial charge on any atom is -0.496 e. The molecule has 0 amide bonds. The van der Waals surface area contributed by atoms with E-state index < -0.39 is 0 Å². The summed E-state index contributed by atoms with van der Waals surface area (Å²) in [4.78, 5) is 0.104. The summed E-state index contributed by atoms with van der Waals surface area (Å²) in [5, 5.41) is 0.721. The van der Waals surface area contributed by atoms with Crippen LogP contribution < -0.4 is 4.74 Å². The molecule has 0 heterocycles. The summed E-state index contributed by atoms with van der Waals surface area (Å²) in [6.45, 7) is 2.04. The fourth-order valence-electron chi connectivity index (χ4n) is 1.97. The van der Waals surface area contributed by atoms with Gasteiger partial charge in [-0.15, -0.1) is 0 Å². The third kappa shape index (κ3) is 3.53. The molecule has 0 saturated heterocycles. The summed E-state index contributed by atoms with van der Waals surface area (Å²) in [6.07, 6.45) is 0. The molecule has 0 aromatic heterocycles. The molecule has 2 rings (SSSR count). The summed E-state index contributed by atoms with van der Waals surface area (Å²) in [5.41, 5.74) is 3.40. The van der Waals surface area contributed by atoms with Crippen molar-refractivity contribution >= 4 is 43.5 Å². The molecule has 1 unspecified atom stereocenters. The molecule has 0 radical (unpaired) electrons. The van der Waals surface area contributed by atoms with E-state index in [2.05, 4.69) is 50.1 Å². The van der Waals surface area contributed by atoms with Crippen molar-refractivity contribution in [2.24, 2.45) is 0 Å². The zero-order valence-corrected chi connectivity index (χ0v) is 14.5. The first-order chi connectivity index (χ1) is 9.01. The average molecular weight is 405 g/mol. The largest absolute Gasteiger partial charge is 0.496 e. The van der Waals surface area contributed by atoms with Gasteiger partial charge in [-0.3, -0.25) is 0 Å². The molecule has 0 N–H and O–H groups in total. The SMILES string of the molecule is COc1ccc(C(Br)c2cc(Cl)cc(Br)c2)cc1C. The number of hydrogen-bond donors (Lipinski definition) is 0. The summed E-state index contributed by atoms with van der Waals surface area (Å²) in [5.74, 6) is 0.899. The third-order valence-electron chi connectivity index (χ3n) is 2.89. The van der Waals surface area contributed by atoms with Gasteiger partial charge in [-0.05, 0) is 47.9 Å². The minimum atomic E-state index is 0.104. The summed E-state index contributed by atoms with van der Waals surface area (Å²) in [6, 6.07) is 12.1. The van der Waals surface area contributed by atoms with Crippen molar-refractivity contribution in [2.45, 2.75) is 11.8 Å². The third-order valence-corrected chi connectivity index (χ3v) is 4.62. The Morgan fingerprint density at radius 2 is 1.84 bits per heavy atom. The Morgan fingerprint density at radius 1 is 1.11 bits per heavy atom. The molecule has 0 aliphatic heterocycles. The minimum absolute atomic E-state index is 0.104. The number of halogens is 3. The molecular formula is C15H13Br2ClO. The fourth-order valence-corrected chi connectivity index (χ4v) is 3.41. The first-order valence-electron chi connectivity index (χ1n) is 5.76. The maximum atomic E-state index is 6.09. The van der Waals surface area contributed by atoms with Crippen LogP contribution in [0.1, 0.15) is 21.5 Å². The van der Waals surface area contributed by atoms with Crippen molar-refractivity contribution in [1.82, 2.24) is 0 Å². The van der Waals surface area contributed by atoms with Gasteiger partial charge in [0.05, 0.1) is 11.9 Å². The molecule has 0 fully saturated rings. The van der Waals surface area contributed by atoms with Crippen LogP contribution in [0.2, 0.25) is 5.02 Å². The second-order valence-electron chi connectivity index (χ2n) is 4.29. The topological polar surface area (TPSA) is 9.23 Å². The second-order valence-corrected chi connectivity index (χ2v) is 6.56. The number of hydrogen-bond acceptors (Lipinski definition) is 1. The Labute approximate surface area is 135 Å². The zero-order valence-electron chi connectivity index (χ0n) is 10.6. The van der Waals surface area contributed by atoms with E-state index in [1.807, 2.05) is 25.1 Å². The van der Waals surface area contributed by atoms with Crippen LogP contribution in [0.25, 0.3) is 0 Å². The van der Waals surface area contributed by atoms with Crippen molar-refractivity contribution < 1.29 is 4.74 Å². The number of ether oxygens (including phenoxy) is 1. The molecule has 2 aromatic carbocycles. The quantitative estimate of drug-likeness (QED) is 0.579. The number of methoxy groups -OCH3 is 1. The summed E-state index contributed by atoms with van der Waals surface area (Å²) >= 11 is 13.3. The number of aryl methyl sites for hydroxylation is 1. The standard InChI is InChI=1S/C15H13Br2ClO/c1-9-5-10(3-4-14(9)19-2)15(17)11-6-12(16)8-13(18)7-11/h3-8,15H,1-2H3. The van der Waals surface area contributed by atoms with Gasteiger partial charge in [0.15, 0.2) is 0 Å². The average Bonchev–Trinajstić information content (AvgIpc) is 2.36. The molecule has 100 valence electrons. The first-order valence-corrected chi connectivity index (χ1v) is 7.84. The van der Waals surface area contributed by atoms with Gasteiger partial charge in [-0.25, -0.2) is 0 Å². The van der Waals surface area contributed by atoms with E-state index in [-0.39, 0.29) is 4.83 Å². The van der Waals surface area contributed by atoms with Gasteiger partial charge in [0, 0.05) is 9.50 Å². The van der Waals surface area contributed by atoms with Crippen molar-refractivity contribution in [2.75, 3.05) is 7.11 Å². The molecule has 19 heavy (non-hydrogen) atoms. The molecule has 0 aliphatic carbocycles. The highest BCUT2D eigenvalue weighted by Crippen LogP contribution is 2.35. The lowest BCUT2D eigenvalue weighted by atomic mass is 10.0. The highest BCUT2D eigenvalue weighted by Gasteiger charge is 2.13. The molecule has 1 nitrogen and oxygen atoms in total. The molecular weight excluding hydrogens is 391 g/mol. The maximum absolute atomic E-state index is 6.09. The van der Waals surface area contributed by atoms with Crippen LogP contribution in [0.15, 0.2) is 40.9 Å². The predicted molar refractivity (Wildman–Crippen MR) is 87.7 cm³/mol. The summed E-state index contributed by atoms with van der Waals surface area (Å²) < 4.78 is 6.26. The van der Waals surface area contributed by atoms with Crippen LogP contribution >= 0.6 is 43.5 Å². The highest BCUT2D eigenvalue weighted by atomic mass is 79.9. The monoisotopic (exact) mass is 402 g/mol. The van der Waals surface area contributed by atoms with Crippen molar-refractivity contribution in [3.63, 3.8) is 0 Å².